The molecule has 2 aromatic rings. The van der Waals surface area contributed by atoms with Crippen molar-refractivity contribution < 1.29 is 19.5 Å². The van der Waals surface area contributed by atoms with Crippen LogP contribution >= 0.6 is 0 Å². The summed E-state index contributed by atoms with van der Waals surface area (Å²) in [5.41, 5.74) is 3.21. The predicted molar refractivity (Wildman–Crippen MR) is 115 cm³/mol. The Bertz CT molecular complexity index is 972. The smallest absolute Gasteiger partial charge is 0.253 e. The Balaban J connectivity index is 1.88. The molecule has 1 aliphatic rings. The van der Waals surface area contributed by atoms with Crippen molar-refractivity contribution in [3.8, 4) is 11.1 Å². The molecule has 3 atom stereocenters. The van der Waals surface area contributed by atoms with Gasteiger partial charge in [-0.2, -0.15) is 0 Å². The van der Waals surface area contributed by atoms with Gasteiger partial charge in [-0.15, -0.1) is 0 Å². The van der Waals surface area contributed by atoms with Gasteiger partial charge in [-0.25, -0.2) is 0 Å². The summed E-state index contributed by atoms with van der Waals surface area (Å²) in [7, 11) is 1.68. The van der Waals surface area contributed by atoms with Crippen LogP contribution in [0.3, 0.4) is 0 Å². The minimum atomic E-state index is -1.21. The summed E-state index contributed by atoms with van der Waals surface area (Å²) >= 11 is 0. The first-order valence-corrected chi connectivity index (χ1v) is 9.97. The molecule has 0 bridgehead atoms. The van der Waals surface area contributed by atoms with Gasteiger partial charge in [0.2, 0.25) is 11.8 Å². The molecule has 7 nitrogen and oxygen atoms in total. The lowest BCUT2D eigenvalue weighted by Crippen LogP contribution is -2.51. The molecule has 0 saturated heterocycles. The van der Waals surface area contributed by atoms with E-state index in [4.69, 9.17) is 0 Å². The molecule has 1 heterocycles. The predicted octanol–water partition coefficient (Wildman–Crippen LogP) is 2.01. The molecular formula is C23H27N3O4. The topological polar surface area (TPSA) is 98.7 Å². The largest absolute Gasteiger partial charge is 0.383 e. The highest BCUT2D eigenvalue weighted by Gasteiger charge is 2.34. The van der Waals surface area contributed by atoms with Gasteiger partial charge in [0.25, 0.3) is 5.91 Å². The van der Waals surface area contributed by atoms with Crippen LogP contribution < -0.4 is 15.5 Å². The van der Waals surface area contributed by atoms with Crippen molar-refractivity contribution >= 4 is 23.4 Å². The van der Waals surface area contributed by atoms with E-state index < -0.39 is 30.0 Å². The van der Waals surface area contributed by atoms with Gasteiger partial charge in [0.15, 0.2) is 0 Å². The molecule has 0 saturated carbocycles. The number of benzene rings is 2. The van der Waals surface area contributed by atoms with Crippen molar-refractivity contribution in [3.63, 3.8) is 0 Å². The van der Waals surface area contributed by atoms with Crippen LogP contribution in [0.25, 0.3) is 11.1 Å². The first-order chi connectivity index (χ1) is 14.2. The normalized spacial score (nSPS) is 17.5. The van der Waals surface area contributed by atoms with Gasteiger partial charge in [0.1, 0.15) is 18.2 Å². The number of nitrogens with zero attached hydrogens (tertiary/aromatic N) is 1. The lowest BCUT2D eigenvalue weighted by molar-refractivity contribution is -0.136. The van der Waals surface area contributed by atoms with Crippen LogP contribution in [0.2, 0.25) is 0 Å². The van der Waals surface area contributed by atoms with Crippen molar-refractivity contribution in [2.45, 2.75) is 39.0 Å². The van der Waals surface area contributed by atoms with Gasteiger partial charge in [-0.3, -0.25) is 14.4 Å². The third kappa shape index (κ3) is 4.07. The van der Waals surface area contributed by atoms with Crippen LogP contribution in [0, 0.1) is 5.92 Å². The van der Waals surface area contributed by atoms with Crippen molar-refractivity contribution in [2.75, 3.05) is 11.9 Å². The van der Waals surface area contributed by atoms with Gasteiger partial charge >= 0.3 is 0 Å². The van der Waals surface area contributed by atoms with E-state index in [2.05, 4.69) is 10.6 Å². The van der Waals surface area contributed by atoms with E-state index in [1.54, 1.807) is 20.9 Å². The molecule has 158 valence electrons. The molecule has 2 aromatic carbocycles. The molecule has 3 rings (SSSR count). The van der Waals surface area contributed by atoms with Gasteiger partial charge in [-0.1, -0.05) is 56.3 Å². The maximum atomic E-state index is 13.2. The number of carbonyl (C=O) groups excluding carboxylic acids is 3. The van der Waals surface area contributed by atoms with Crippen LogP contribution in [0.5, 0.6) is 0 Å². The second-order valence-corrected chi connectivity index (χ2v) is 7.86. The number of aliphatic hydroxyl groups is 1. The minimum Gasteiger partial charge on any atom is -0.383 e. The average molecular weight is 409 g/mol. The van der Waals surface area contributed by atoms with Crippen molar-refractivity contribution in [1.82, 2.24) is 10.6 Å². The summed E-state index contributed by atoms with van der Waals surface area (Å²) in [5.74, 6) is -1.68. The standard InChI is InChI=1S/C23H27N3O4/c1-13(2)20(27)22(29)24-14(3)21(28)25-19-17-11-6-5-9-15(17)16-10-7-8-12-18(16)26(4)23(19)30/h5-14,19-20,27H,1-4H3,(H,24,29)(H,25,28)/t14-,19?,20-/m0/s1. The molecule has 0 fully saturated rings. The number of fused-ring (bicyclic) bond motifs is 3. The van der Waals surface area contributed by atoms with Gasteiger partial charge in [0.05, 0.1) is 5.69 Å². The number of likely N-dealkylation sites (N-methyl/N-ethyl adjacent to an activating group) is 1. The highest BCUT2D eigenvalue weighted by atomic mass is 16.3. The Kier molecular flexibility index (Phi) is 6.22. The molecule has 1 unspecified atom stereocenters. The van der Waals surface area contributed by atoms with Crippen LogP contribution in [0.1, 0.15) is 32.4 Å². The second kappa shape index (κ2) is 8.67. The van der Waals surface area contributed by atoms with Gasteiger partial charge in [-0.05, 0) is 30.0 Å². The van der Waals surface area contributed by atoms with E-state index in [1.165, 1.54) is 11.8 Å². The van der Waals surface area contributed by atoms with E-state index in [0.29, 0.717) is 5.56 Å². The number of carbonyl (C=O) groups is 3. The molecule has 0 spiro atoms. The highest BCUT2D eigenvalue weighted by Crippen LogP contribution is 2.39. The molecule has 1 aliphatic heterocycles. The Labute approximate surface area is 176 Å². The fraction of sp³-hybridized carbons (Fsp3) is 0.348. The molecule has 0 aromatic heterocycles. The third-order valence-corrected chi connectivity index (χ3v) is 5.34. The molecule has 3 N–H and O–H groups in total. The van der Waals surface area contributed by atoms with Crippen molar-refractivity contribution in [2.24, 2.45) is 5.92 Å². The SMILES string of the molecule is CC(C)[C@H](O)C(=O)N[C@@H](C)C(=O)NC1C(=O)N(C)c2ccccc2-c2ccccc21. The Morgan fingerprint density at radius 2 is 1.57 bits per heavy atom. The van der Waals surface area contributed by atoms with Crippen LogP contribution in [-0.4, -0.2) is 42.0 Å². The maximum absolute atomic E-state index is 13.2. The van der Waals surface area contributed by atoms with Gasteiger partial charge in [0, 0.05) is 12.6 Å². The van der Waals surface area contributed by atoms with E-state index in [0.717, 1.165) is 16.8 Å². The van der Waals surface area contributed by atoms with E-state index in [1.807, 2.05) is 48.5 Å². The van der Waals surface area contributed by atoms with Gasteiger partial charge < -0.3 is 20.6 Å². The maximum Gasteiger partial charge on any atom is 0.253 e. The number of aliphatic hydroxyl groups excluding tert-OH is 1. The number of rotatable bonds is 5. The van der Waals surface area contributed by atoms with E-state index in [9.17, 15) is 19.5 Å². The molecule has 0 radical (unpaired) electrons. The van der Waals surface area contributed by atoms with E-state index in [-0.39, 0.29) is 11.8 Å². The summed E-state index contributed by atoms with van der Waals surface area (Å²) in [6.07, 6.45) is -1.21. The number of amides is 3. The Morgan fingerprint density at radius 3 is 2.23 bits per heavy atom. The first kappa shape index (κ1) is 21.5. The quantitative estimate of drug-likeness (QED) is 0.704. The number of anilines is 1. The van der Waals surface area contributed by atoms with E-state index >= 15 is 0 Å². The Hall–Kier alpha value is -3.19. The molecule has 30 heavy (non-hydrogen) atoms. The summed E-state index contributed by atoms with van der Waals surface area (Å²) in [5, 5.41) is 15.2. The fourth-order valence-electron chi connectivity index (χ4n) is 3.51. The van der Waals surface area contributed by atoms with Crippen molar-refractivity contribution in [3.05, 3.63) is 54.1 Å². The fourth-order valence-corrected chi connectivity index (χ4v) is 3.51. The zero-order chi connectivity index (χ0) is 22.0. The minimum absolute atomic E-state index is 0.275. The second-order valence-electron chi connectivity index (χ2n) is 7.86. The molecule has 7 heteroatoms. The lowest BCUT2D eigenvalue weighted by Gasteiger charge is -2.25. The number of hydrogen-bond donors (Lipinski definition) is 3. The number of nitrogens with one attached hydrogen (secondary N) is 2. The highest BCUT2D eigenvalue weighted by molar-refractivity contribution is 6.06. The van der Waals surface area contributed by atoms with Crippen LogP contribution in [0.15, 0.2) is 48.5 Å². The van der Waals surface area contributed by atoms with Crippen LogP contribution in [0.4, 0.5) is 5.69 Å². The summed E-state index contributed by atoms with van der Waals surface area (Å²) < 4.78 is 0. The van der Waals surface area contributed by atoms with Crippen molar-refractivity contribution in [1.29, 1.82) is 0 Å². The zero-order valence-electron chi connectivity index (χ0n) is 17.5. The summed E-state index contributed by atoms with van der Waals surface area (Å²) in [6, 6.07) is 13.2. The zero-order valence-corrected chi connectivity index (χ0v) is 17.5. The summed E-state index contributed by atoms with van der Waals surface area (Å²) in [4.78, 5) is 39.7. The molecule has 0 aliphatic carbocycles. The molecular weight excluding hydrogens is 382 g/mol. The number of hydrogen-bond acceptors (Lipinski definition) is 4. The summed E-state index contributed by atoms with van der Waals surface area (Å²) in [6.45, 7) is 4.94. The first-order valence-electron chi connectivity index (χ1n) is 9.97. The third-order valence-electron chi connectivity index (χ3n) is 5.34. The monoisotopic (exact) mass is 409 g/mol. The number of para-hydroxylation sites is 1. The molecule has 3 amide bonds. The Morgan fingerprint density at radius 1 is 0.967 bits per heavy atom. The lowest BCUT2D eigenvalue weighted by atomic mass is 9.95. The average Bonchev–Trinajstić information content (AvgIpc) is 2.83. The van der Waals surface area contributed by atoms with Crippen LogP contribution in [-0.2, 0) is 14.4 Å².